The summed E-state index contributed by atoms with van der Waals surface area (Å²) in [6, 6.07) is 7.59. The molecule has 1 saturated heterocycles. The molecule has 2 amide bonds. The number of methoxy groups -OCH3 is 1. The highest BCUT2D eigenvalue weighted by molar-refractivity contribution is 6.39. The summed E-state index contributed by atoms with van der Waals surface area (Å²) in [6.07, 6.45) is 3.13. The van der Waals surface area contributed by atoms with Gasteiger partial charge >= 0.3 is 11.8 Å². The Morgan fingerprint density at radius 3 is 2.45 bits per heavy atom. The first kappa shape index (κ1) is 16.3. The molecule has 0 atom stereocenters. The van der Waals surface area contributed by atoms with Crippen LogP contribution in [0.25, 0.3) is 0 Å². The maximum absolute atomic E-state index is 11.8. The molecule has 0 aliphatic carbocycles. The predicted molar refractivity (Wildman–Crippen MR) is 86.0 cm³/mol. The molecule has 1 aromatic rings. The van der Waals surface area contributed by atoms with Crippen molar-refractivity contribution in [3.63, 3.8) is 0 Å². The minimum Gasteiger partial charge on any atom is -0.385 e. The van der Waals surface area contributed by atoms with Gasteiger partial charge in [-0.15, -0.1) is 0 Å². The van der Waals surface area contributed by atoms with E-state index >= 15 is 0 Å². The molecule has 2 rings (SSSR count). The van der Waals surface area contributed by atoms with E-state index in [1.807, 2.05) is 24.3 Å². The summed E-state index contributed by atoms with van der Waals surface area (Å²) in [5.74, 6) is -1.27. The smallest absolute Gasteiger partial charge is 0.313 e. The third-order valence-corrected chi connectivity index (χ3v) is 3.61. The Kier molecular flexibility index (Phi) is 6.21. The van der Waals surface area contributed by atoms with Gasteiger partial charge in [0.05, 0.1) is 0 Å². The Morgan fingerprint density at radius 2 is 1.82 bits per heavy atom. The van der Waals surface area contributed by atoms with Gasteiger partial charge in [0.15, 0.2) is 0 Å². The molecule has 22 heavy (non-hydrogen) atoms. The van der Waals surface area contributed by atoms with Crippen LogP contribution in [0.4, 0.5) is 11.4 Å². The molecule has 6 heteroatoms. The Bertz CT molecular complexity index is 496. The summed E-state index contributed by atoms with van der Waals surface area (Å²) in [6.45, 7) is 3.14. The number of anilines is 2. The molecular formula is C16H23N3O3. The van der Waals surface area contributed by atoms with Crippen molar-refractivity contribution in [1.82, 2.24) is 5.32 Å². The number of nitrogens with one attached hydrogen (secondary N) is 2. The molecule has 0 bridgehead atoms. The molecule has 0 unspecified atom stereocenters. The van der Waals surface area contributed by atoms with Gasteiger partial charge in [-0.1, -0.05) is 0 Å². The molecule has 0 saturated carbocycles. The van der Waals surface area contributed by atoms with Crippen molar-refractivity contribution in [2.45, 2.75) is 19.3 Å². The SMILES string of the molecule is COCCCNC(=O)C(=O)Nc1ccc(N2CCCC2)cc1. The quantitative estimate of drug-likeness (QED) is 0.615. The fraction of sp³-hybridized carbons (Fsp3) is 0.500. The van der Waals surface area contributed by atoms with E-state index in [9.17, 15) is 9.59 Å². The van der Waals surface area contributed by atoms with Crippen LogP contribution in [0.1, 0.15) is 19.3 Å². The molecule has 0 radical (unpaired) electrons. The molecule has 0 aromatic heterocycles. The van der Waals surface area contributed by atoms with Gasteiger partial charge in [-0.25, -0.2) is 0 Å². The average Bonchev–Trinajstić information content (AvgIpc) is 3.06. The van der Waals surface area contributed by atoms with Crippen LogP contribution in [0.15, 0.2) is 24.3 Å². The van der Waals surface area contributed by atoms with Crippen LogP contribution in [-0.2, 0) is 14.3 Å². The highest BCUT2D eigenvalue weighted by Crippen LogP contribution is 2.21. The molecule has 1 aromatic carbocycles. The zero-order chi connectivity index (χ0) is 15.8. The zero-order valence-corrected chi connectivity index (χ0v) is 12.9. The van der Waals surface area contributed by atoms with E-state index in [1.54, 1.807) is 7.11 Å². The summed E-state index contributed by atoms with van der Waals surface area (Å²) in [5, 5.41) is 5.15. The first-order valence-electron chi connectivity index (χ1n) is 7.64. The van der Waals surface area contributed by atoms with Gasteiger partial charge in [-0.3, -0.25) is 9.59 Å². The summed E-state index contributed by atoms with van der Waals surface area (Å²) in [5.41, 5.74) is 1.78. The Balaban J connectivity index is 1.79. The largest absolute Gasteiger partial charge is 0.385 e. The van der Waals surface area contributed by atoms with E-state index in [1.165, 1.54) is 12.8 Å². The van der Waals surface area contributed by atoms with E-state index in [0.717, 1.165) is 18.8 Å². The lowest BCUT2D eigenvalue weighted by Gasteiger charge is -2.17. The molecule has 1 aliphatic rings. The van der Waals surface area contributed by atoms with Crippen LogP contribution in [0.5, 0.6) is 0 Å². The van der Waals surface area contributed by atoms with Gasteiger partial charge in [-0.05, 0) is 43.5 Å². The van der Waals surface area contributed by atoms with Crippen LogP contribution >= 0.6 is 0 Å². The number of amides is 2. The van der Waals surface area contributed by atoms with Crippen LogP contribution in [0, 0.1) is 0 Å². The number of hydrogen-bond acceptors (Lipinski definition) is 4. The summed E-state index contributed by atoms with van der Waals surface area (Å²) < 4.78 is 4.88. The number of hydrogen-bond donors (Lipinski definition) is 2. The first-order chi connectivity index (χ1) is 10.7. The van der Waals surface area contributed by atoms with Gasteiger partial charge in [-0.2, -0.15) is 0 Å². The fourth-order valence-electron chi connectivity index (χ4n) is 2.42. The number of carbonyl (C=O) groups is 2. The molecule has 2 N–H and O–H groups in total. The van der Waals surface area contributed by atoms with Gasteiger partial charge < -0.3 is 20.3 Å². The minimum atomic E-state index is -0.647. The van der Waals surface area contributed by atoms with E-state index in [-0.39, 0.29) is 0 Å². The lowest BCUT2D eigenvalue weighted by Crippen LogP contribution is -2.36. The van der Waals surface area contributed by atoms with Crippen molar-refractivity contribution >= 4 is 23.2 Å². The lowest BCUT2D eigenvalue weighted by molar-refractivity contribution is -0.136. The second kappa shape index (κ2) is 8.38. The Morgan fingerprint density at radius 1 is 1.14 bits per heavy atom. The van der Waals surface area contributed by atoms with E-state index in [2.05, 4.69) is 15.5 Å². The number of carbonyl (C=O) groups excluding carboxylic acids is 2. The summed E-state index contributed by atoms with van der Waals surface area (Å²) in [4.78, 5) is 25.7. The summed E-state index contributed by atoms with van der Waals surface area (Å²) >= 11 is 0. The van der Waals surface area contributed by atoms with Crippen molar-refractivity contribution in [2.24, 2.45) is 0 Å². The van der Waals surface area contributed by atoms with Crippen molar-refractivity contribution in [1.29, 1.82) is 0 Å². The molecule has 1 aliphatic heterocycles. The highest BCUT2D eigenvalue weighted by atomic mass is 16.5. The number of benzene rings is 1. The van der Waals surface area contributed by atoms with E-state index in [4.69, 9.17) is 4.74 Å². The van der Waals surface area contributed by atoms with Crippen LogP contribution < -0.4 is 15.5 Å². The van der Waals surface area contributed by atoms with Gasteiger partial charge in [0.1, 0.15) is 0 Å². The van der Waals surface area contributed by atoms with E-state index < -0.39 is 11.8 Å². The van der Waals surface area contributed by atoms with Crippen molar-refractivity contribution in [3.8, 4) is 0 Å². The van der Waals surface area contributed by atoms with Crippen molar-refractivity contribution < 1.29 is 14.3 Å². The molecular weight excluding hydrogens is 282 g/mol. The summed E-state index contributed by atoms with van der Waals surface area (Å²) in [7, 11) is 1.60. The predicted octanol–water partition coefficient (Wildman–Crippen LogP) is 1.38. The second-order valence-electron chi connectivity index (χ2n) is 5.30. The van der Waals surface area contributed by atoms with Crippen molar-refractivity contribution in [3.05, 3.63) is 24.3 Å². The zero-order valence-electron chi connectivity index (χ0n) is 12.9. The van der Waals surface area contributed by atoms with Gasteiger partial charge in [0.2, 0.25) is 0 Å². The van der Waals surface area contributed by atoms with Crippen LogP contribution in [-0.4, -0.2) is 45.2 Å². The van der Waals surface area contributed by atoms with Crippen molar-refractivity contribution in [2.75, 3.05) is 43.6 Å². The minimum absolute atomic E-state index is 0.425. The third kappa shape index (κ3) is 4.73. The maximum atomic E-state index is 11.8. The Hall–Kier alpha value is -2.08. The lowest BCUT2D eigenvalue weighted by atomic mass is 10.2. The highest BCUT2D eigenvalue weighted by Gasteiger charge is 2.14. The van der Waals surface area contributed by atoms with Gasteiger partial charge in [0, 0.05) is 44.7 Å². The second-order valence-corrected chi connectivity index (χ2v) is 5.30. The van der Waals surface area contributed by atoms with Crippen LogP contribution in [0.3, 0.4) is 0 Å². The maximum Gasteiger partial charge on any atom is 0.313 e. The molecule has 1 fully saturated rings. The normalized spacial score (nSPS) is 14.0. The fourth-order valence-corrected chi connectivity index (χ4v) is 2.42. The number of ether oxygens (including phenoxy) is 1. The standard InChI is InChI=1S/C16H23N3O3/c1-22-12-4-9-17-15(20)16(21)18-13-5-7-14(8-6-13)19-10-2-3-11-19/h5-8H,2-4,9-12H2,1H3,(H,17,20)(H,18,21). The number of nitrogens with zero attached hydrogens (tertiary/aromatic N) is 1. The molecule has 0 spiro atoms. The Labute approximate surface area is 130 Å². The van der Waals surface area contributed by atoms with E-state index in [0.29, 0.717) is 25.3 Å². The average molecular weight is 305 g/mol. The number of rotatable bonds is 6. The topological polar surface area (TPSA) is 70.7 Å². The molecule has 120 valence electrons. The van der Waals surface area contributed by atoms with Gasteiger partial charge in [0.25, 0.3) is 0 Å². The first-order valence-corrected chi connectivity index (χ1v) is 7.64. The molecule has 6 nitrogen and oxygen atoms in total. The third-order valence-electron chi connectivity index (χ3n) is 3.61. The molecule has 1 heterocycles. The van der Waals surface area contributed by atoms with Crippen LogP contribution in [0.2, 0.25) is 0 Å². The monoisotopic (exact) mass is 305 g/mol.